The molecule has 1 aliphatic rings. The molecule has 1 aromatic carbocycles. The molecule has 0 aromatic heterocycles. The minimum atomic E-state index is -0.597. The van der Waals surface area contributed by atoms with E-state index in [0.29, 0.717) is 6.54 Å². The highest BCUT2D eigenvalue weighted by molar-refractivity contribution is 5.91. The Bertz CT molecular complexity index is 530. The predicted octanol–water partition coefficient (Wildman–Crippen LogP) is 1.90. The third-order valence-corrected chi connectivity index (χ3v) is 4.12. The maximum absolute atomic E-state index is 12.5. The zero-order valence-electron chi connectivity index (χ0n) is 12.7. The molecule has 2 N–H and O–H groups in total. The Morgan fingerprint density at radius 3 is 2.81 bits per heavy atom. The topological polar surface area (TPSA) is 67.4 Å². The van der Waals surface area contributed by atoms with Crippen molar-refractivity contribution in [3.05, 3.63) is 29.8 Å². The molecule has 0 fully saturated rings. The van der Waals surface area contributed by atoms with Crippen LogP contribution in [-0.4, -0.2) is 31.6 Å². The number of methoxy groups -OCH3 is 1. The summed E-state index contributed by atoms with van der Waals surface area (Å²) in [5.74, 6) is -0.761. The lowest BCUT2D eigenvalue weighted by atomic mass is 9.96. The normalized spacial score (nSPS) is 19.1. The molecular formula is C16H22N2O3. The van der Waals surface area contributed by atoms with Gasteiger partial charge in [-0.3, -0.25) is 4.79 Å². The van der Waals surface area contributed by atoms with Crippen LogP contribution in [0.5, 0.6) is 0 Å². The highest BCUT2D eigenvalue weighted by Gasteiger charge is 2.33. The molecule has 3 atom stereocenters. The summed E-state index contributed by atoms with van der Waals surface area (Å²) in [5.41, 5.74) is 1.96. The van der Waals surface area contributed by atoms with Gasteiger partial charge in [0.05, 0.1) is 13.0 Å². The summed E-state index contributed by atoms with van der Waals surface area (Å²) in [6.45, 7) is 4.47. The third-order valence-electron chi connectivity index (χ3n) is 4.12. The fourth-order valence-corrected chi connectivity index (χ4v) is 2.57. The van der Waals surface area contributed by atoms with E-state index >= 15 is 0 Å². The zero-order valence-corrected chi connectivity index (χ0v) is 12.7. The smallest absolute Gasteiger partial charge is 0.328 e. The Hall–Kier alpha value is -2.04. The Morgan fingerprint density at radius 1 is 1.43 bits per heavy atom. The van der Waals surface area contributed by atoms with Gasteiger partial charge in [0.25, 0.3) is 0 Å². The van der Waals surface area contributed by atoms with E-state index in [1.165, 1.54) is 7.11 Å². The third kappa shape index (κ3) is 3.17. The maximum atomic E-state index is 12.5. The average molecular weight is 290 g/mol. The number of carbonyl (C=O) groups excluding carboxylic acids is 2. The molecule has 0 radical (unpaired) electrons. The van der Waals surface area contributed by atoms with Gasteiger partial charge in [0.15, 0.2) is 0 Å². The van der Waals surface area contributed by atoms with Crippen LogP contribution >= 0.6 is 0 Å². The van der Waals surface area contributed by atoms with Gasteiger partial charge < -0.3 is 15.4 Å². The number of anilines is 1. The largest absolute Gasteiger partial charge is 0.467 e. The highest BCUT2D eigenvalue weighted by atomic mass is 16.5. The van der Waals surface area contributed by atoms with Crippen LogP contribution in [0.1, 0.15) is 31.7 Å². The van der Waals surface area contributed by atoms with Crippen molar-refractivity contribution in [2.24, 2.45) is 5.92 Å². The van der Waals surface area contributed by atoms with Crippen LogP contribution in [0.25, 0.3) is 0 Å². The molecule has 0 bridgehead atoms. The molecule has 2 rings (SSSR count). The number of fused-ring (bicyclic) bond motifs is 1. The summed E-state index contributed by atoms with van der Waals surface area (Å²) in [5, 5.41) is 6.06. The van der Waals surface area contributed by atoms with Gasteiger partial charge in [0.1, 0.15) is 6.04 Å². The van der Waals surface area contributed by atoms with Crippen molar-refractivity contribution in [1.29, 1.82) is 0 Å². The SMILES string of the molecule is CCC(C)C(NC(=O)C1CNc2ccccc21)C(=O)OC. The second-order valence-electron chi connectivity index (χ2n) is 5.42. The number of para-hydroxylation sites is 1. The van der Waals surface area contributed by atoms with Crippen LogP contribution in [0.4, 0.5) is 5.69 Å². The van der Waals surface area contributed by atoms with E-state index in [-0.39, 0.29) is 17.7 Å². The van der Waals surface area contributed by atoms with Gasteiger partial charge >= 0.3 is 5.97 Å². The summed E-state index contributed by atoms with van der Waals surface area (Å²) < 4.78 is 4.80. The lowest BCUT2D eigenvalue weighted by Gasteiger charge is -2.23. The number of esters is 1. The first-order valence-corrected chi connectivity index (χ1v) is 7.29. The van der Waals surface area contributed by atoms with E-state index in [1.54, 1.807) is 0 Å². The molecule has 0 spiro atoms. The van der Waals surface area contributed by atoms with Crippen molar-refractivity contribution in [1.82, 2.24) is 5.32 Å². The van der Waals surface area contributed by atoms with Crippen LogP contribution in [0.3, 0.4) is 0 Å². The molecule has 1 amide bonds. The Kier molecular flexibility index (Phi) is 4.83. The van der Waals surface area contributed by atoms with E-state index in [4.69, 9.17) is 4.74 Å². The molecule has 3 unspecified atom stereocenters. The zero-order chi connectivity index (χ0) is 15.4. The van der Waals surface area contributed by atoms with Crippen LogP contribution in [-0.2, 0) is 14.3 Å². The predicted molar refractivity (Wildman–Crippen MR) is 81.1 cm³/mol. The van der Waals surface area contributed by atoms with E-state index in [1.807, 2.05) is 38.1 Å². The minimum Gasteiger partial charge on any atom is -0.467 e. The number of ether oxygens (including phenoxy) is 1. The Labute approximate surface area is 125 Å². The molecule has 1 aliphatic heterocycles. The number of rotatable bonds is 5. The summed E-state index contributed by atoms with van der Waals surface area (Å²) in [6.07, 6.45) is 0.791. The van der Waals surface area contributed by atoms with Crippen molar-refractivity contribution in [2.45, 2.75) is 32.2 Å². The summed E-state index contributed by atoms with van der Waals surface area (Å²) >= 11 is 0. The molecule has 21 heavy (non-hydrogen) atoms. The van der Waals surface area contributed by atoms with E-state index in [2.05, 4.69) is 10.6 Å². The number of hydrogen-bond acceptors (Lipinski definition) is 4. The molecule has 114 valence electrons. The molecular weight excluding hydrogens is 268 g/mol. The van der Waals surface area contributed by atoms with Crippen LogP contribution in [0.2, 0.25) is 0 Å². The Morgan fingerprint density at radius 2 is 2.14 bits per heavy atom. The van der Waals surface area contributed by atoms with Crippen molar-refractivity contribution in [3.63, 3.8) is 0 Å². The molecule has 5 heteroatoms. The fourth-order valence-electron chi connectivity index (χ4n) is 2.57. The highest BCUT2D eigenvalue weighted by Crippen LogP contribution is 2.31. The standard InChI is InChI=1S/C16H22N2O3/c1-4-10(2)14(16(20)21-3)18-15(19)12-9-17-13-8-6-5-7-11(12)13/h5-8,10,12,14,17H,4,9H2,1-3H3,(H,18,19). The van der Waals surface area contributed by atoms with Gasteiger partial charge in [-0.2, -0.15) is 0 Å². The molecule has 5 nitrogen and oxygen atoms in total. The summed E-state index contributed by atoms with van der Waals surface area (Å²) in [7, 11) is 1.34. The second kappa shape index (κ2) is 6.61. The Balaban J connectivity index is 2.12. The first-order valence-electron chi connectivity index (χ1n) is 7.29. The van der Waals surface area contributed by atoms with Gasteiger partial charge in [-0.05, 0) is 17.5 Å². The molecule has 1 heterocycles. The minimum absolute atomic E-state index is 0.0333. The summed E-state index contributed by atoms with van der Waals surface area (Å²) in [4.78, 5) is 24.4. The molecule has 0 saturated heterocycles. The van der Waals surface area contributed by atoms with Crippen LogP contribution in [0.15, 0.2) is 24.3 Å². The lowest BCUT2D eigenvalue weighted by molar-refractivity contribution is -0.146. The maximum Gasteiger partial charge on any atom is 0.328 e. The first kappa shape index (κ1) is 15.4. The van der Waals surface area contributed by atoms with Gasteiger partial charge in [0, 0.05) is 12.2 Å². The quantitative estimate of drug-likeness (QED) is 0.813. The number of benzene rings is 1. The van der Waals surface area contributed by atoms with E-state index in [0.717, 1.165) is 17.7 Å². The second-order valence-corrected chi connectivity index (χ2v) is 5.42. The molecule has 0 aliphatic carbocycles. The van der Waals surface area contributed by atoms with Crippen LogP contribution < -0.4 is 10.6 Å². The number of hydrogen-bond donors (Lipinski definition) is 2. The van der Waals surface area contributed by atoms with Crippen molar-refractivity contribution in [3.8, 4) is 0 Å². The number of carbonyl (C=O) groups is 2. The average Bonchev–Trinajstić information content (AvgIpc) is 2.95. The van der Waals surface area contributed by atoms with Gasteiger partial charge in [0.2, 0.25) is 5.91 Å². The van der Waals surface area contributed by atoms with Gasteiger partial charge in [-0.1, -0.05) is 38.5 Å². The van der Waals surface area contributed by atoms with Crippen LogP contribution in [0, 0.1) is 5.92 Å². The van der Waals surface area contributed by atoms with Crippen molar-refractivity contribution >= 4 is 17.6 Å². The molecule has 1 aromatic rings. The number of amides is 1. The van der Waals surface area contributed by atoms with Gasteiger partial charge in [-0.15, -0.1) is 0 Å². The van der Waals surface area contributed by atoms with E-state index in [9.17, 15) is 9.59 Å². The summed E-state index contributed by atoms with van der Waals surface area (Å²) in [6, 6.07) is 7.15. The van der Waals surface area contributed by atoms with Gasteiger partial charge in [-0.25, -0.2) is 4.79 Å². The van der Waals surface area contributed by atoms with E-state index < -0.39 is 12.0 Å². The number of nitrogens with one attached hydrogen (secondary N) is 2. The lowest BCUT2D eigenvalue weighted by Crippen LogP contribution is -2.47. The van der Waals surface area contributed by atoms with Crippen molar-refractivity contribution in [2.75, 3.05) is 19.0 Å². The first-order chi connectivity index (χ1) is 10.1. The molecule has 0 saturated carbocycles. The van der Waals surface area contributed by atoms with Crippen molar-refractivity contribution < 1.29 is 14.3 Å². The fraction of sp³-hybridized carbons (Fsp3) is 0.500. The monoisotopic (exact) mass is 290 g/mol.